The Morgan fingerprint density at radius 1 is 0.947 bits per heavy atom. The lowest BCUT2D eigenvalue weighted by atomic mass is 9.44. The summed E-state index contributed by atoms with van der Waals surface area (Å²) in [6, 6.07) is -0.755. The van der Waals surface area contributed by atoms with E-state index in [1.165, 1.54) is 12.0 Å². The topological polar surface area (TPSA) is 111 Å². The van der Waals surface area contributed by atoms with Gasteiger partial charge in [0.15, 0.2) is 0 Å². The lowest BCUT2D eigenvalue weighted by Crippen LogP contribution is -2.61. The highest BCUT2D eigenvalue weighted by molar-refractivity contribution is 5.90. The first-order valence-corrected chi connectivity index (χ1v) is 14.2. The van der Waals surface area contributed by atoms with Gasteiger partial charge in [0.1, 0.15) is 17.7 Å². The van der Waals surface area contributed by atoms with Crippen LogP contribution in [0.2, 0.25) is 0 Å². The van der Waals surface area contributed by atoms with Crippen LogP contribution in [0.25, 0.3) is 0 Å². The van der Waals surface area contributed by atoms with Crippen molar-refractivity contribution in [3.63, 3.8) is 0 Å². The van der Waals surface area contributed by atoms with Gasteiger partial charge in [-0.25, -0.2) is 9.59 Å². The molecule has 9 nitrogen and oxygen atoms in total. The summed E-state index contributed by atoms with van der Waals surface area (Å²) in [6.07, 6.45) is 7.76. The van der Waals surface area contributed by atoms with Crippen molar-refractivity contribution in [2.24, 2.45) is 28.6 Å². The number of methoxy groups -OCH3 is 1. The van der Waals surface area contributed by atoms with Crippen molar-refractivity contribution in [3.05, 3.63) is 0 Å². The number of nitrogens with one attached hydrogen (secondary N) is 1. The van der Waals surface area contributed by atoms with Gasteiger partial charge < -0.3 is 24.4 Å². The van der Waals surface area contributed by atoms with E-state index in [9.17, 15) is 19.2 Å². The molecule has 1 N–H and O–H groups in total. The molecule has 214 valence electrons. The summed E-state index contributed by atoms with van der Waals surface area (Å²) in [5.74, 6) is 0.144. The van der Waals surface area contributed by atoms with Gasteiger partial charge in [0, 0.05) is 14.1 Å². The van der Waals surface area contributed by atoms with E-state index in [1.54, 1.807) is 14.1 Å². The van der Waals surface area contributed by atoms with Crippen LogP contribution in [0, 0.1) is 28.6 Å². The highest BCUT2D eigenvalue weighted by Gasteiger charge is 2.63. The molecule has 0 heterocycles. The van der Waals surface area contributed by atoms with Gasteiger partial charge in [-0.3, -0.25) is 9.59 Å². The summed E-state index contributed by atoms with van der Waals surface area (Å²) >= 11 is 0. The Balaban J connectivity index is 1.45. The van der Waals surface area contributed by atoms with Crippen LogP contribution in [-0.4, -0.2) is 67.8 Å². The van der Waals surface area contributed by atoms with E-state index in [4.69, 9.17) is 14.2 Å². The summed E-state index contributed by atoms with van der Waals surface area (Å²) in [5, 5.41) is 3.12. The zero-order chi connectivity index (χ0) is 27.9. The minimum Gasteiger partial charge on any atom is -0.469 e. The Morgan fingerprint density at radius 2 is 1.53 bits per heavy atom. The number of ether oxygens (including phenoxy) is 3. The van der Waals surface area contributed by atoms with E-state index in [1.807, 2.05) is 20.8 Å². The van der Waals surface area contributed by atoms with Crippen molar-refractivity contribution in [2.45, 2.75) is 109 Å². The van der Waals surface area contributed by atoms with Crippen molar-refractivity contribution < 1.29 is 33.4 Å². The van der Waals surface area contributed by atoms with Crippen LogP contribution < -0.4 is 5.32 Å². The Labute approximate surface area is 226 Å². The van der Waals surface area contributed by atoms with Crippen LogP contribution in [0.3, 0.4) is 0 Å². The molecule has 2 amide bonds. The maximum Gasteiger partial charge on any atom is 0.409 e. The first-order chi connectivity index (χ1) is 17.7. The van der Waals surface area contributed by atoms with Gasteiger partial charge in [-0.1, -0.05) is 0 Å². The molecule has 9 heteroatoms. The zero-order valence-electron chi connectivity index (χ0n) is 24.0. The van der Waals surface area contributed by atoms with E-state index in [2.05, 4.69) is 5.32 Å². The minimum atomic E-state index is -0.755. The van der Waals surface area contributed by atoms with Crippen LogP contribution in [0.15, 0.2) is 0 Å². The van der Waals surface area contributed by atoms with Crippen molar-refractivity contribution >= 4 is 23.9 Å². The smallest absolute Gasteiger partial charge is 0.409 e. The Kier molecular flexibility index (Phi) is 8.06. The average Bonchev–Trinajstić information content (AvgIpc) is 2.82. The molecule has 5 rings (SSSR count). The number of hydrogen-bond donors (Lipinski definition) is 1. The highest BCUT2D eigenvalue weighted by atomic mass is 16.6. The molecule has 0 aromatic carbocycles. The molecule has 0 radical (unpaired) electrons. The SMILES string of the molecule is COC(=O)C12CC3CC(CC(C(=O)N[C@@H](CC4CCC(OC(=O)N(C)C)CC4)C(=O)OC(C)(C)C)(C3)C1)C2. The normalized spacial score (nSPS) is 34.7. The van der Waals surface area contributed by atoms with Gasteiger partial charge in [-0.15, -0.1) is 0 Å². The molecule has 0 aromatic heterocycles. The molecule has 2 unspecified atom stereocenters. The molecule has 0 saturated heterocycles. The average molecular weight is 535 g/mol. The molecule has 5 aliphatic rings. The lowest BCUT2D eigenvalue weighted by molar-refractivity contribution is -0.183. The molecule has 0 aliphatic heterocycles. The molecule has 38 heavy (non-hydrogen) atoms. The maximum absolute atomic E-state index is 14.0. The van der Waals surface area contributed by atoms with Crippen molar-refractivity contribution in [2.75, 3.05) is 21.2 Å². The summed E-state index contributed by atoms with van der Waals surface area (Å²) in [6.45, 7) is 5.48. The van der Waals surface area contributed by atoms with Crippen LogP contribution in [0.4, 0.5) is 4.79 Å². The van der Waals surface area contributed by atoms with Crippen LogP contribution >= 0.6 is 0 Å². The second-order valence-electron chi connectivity index (χ2n) is 13.7. The molecular weight excluding hydrogens is 488 g/mol. The first kappa shape index (κ1) is 28.7. The third kappa shape index (κ3) is 6.12. The predicted octanol–water partition coefficient (Wildman–Crippen LogP) is 4.22. The number of amides is 2. The van der Waals surface area contributed by atoms with E-state index < -0.39 is 28.4 Å². The number of carbonyl (C=O) groups is 4. The molecule has 5 aliphatic carbocycles. The third-order valence-corrected chi connectivity index (χ3v) is 9.15. The monoisotopic (exact) mass is 534 g/mol. The van der Waals surface area contributed by atoms with Gasteiger partial charge >= 0.3 is 18.0 Å². The predicted molar refractivity (Wildman–Crippen MR) is 140 cm³/mol. The summed E-state index contributed by atoms with van der Waals surface area (Å²) in [7, 11) is 4.76. The van der Waals surface area contributed by atoms with E-state index in [0.29, 0.717) is 24.7 Å². The Bertz CT molecular complexity index is 918. The van der Waals surface area contributed by atoms with E-state index >= 15 is 0 Å². The number of carbonyl (C=O) groups excluding carboxylic acids is 4. The summed E-state index contributed by atoms with van der Waals surface area (Å²) in [4.78, 5) is 53.5. The van der Waals surface area contributed by atoms with Crippen molar-refractivity contribution in [1.29, 1.82) is 0 Å². The molecule has 0 spiro atoms. The van der Waals surface area contributed by atoms with Gasteiger partial charge in [-0.2, -0.15) is 0 Å². The molecule has 5 saturated carbocycles. The Morgan fingerprint density at radius 3 is 2.05 bits per heavy atom. The molecule has 0 aromatic rings. The van der Waals surface area contributed by atoms with Gasteiger partial charge in [-0.05, 0) is 109 Å². The summed E-state index contributed by atoms with van der Waals surface area (Å²) in [5.41, 5.74) is -1.90. The fourth-order valence-electron chi connectivity index (χ4n) is 7.95. The Hall–Kier alpha value is -2.32. The van der Waals surface area contributed by atoms with E-state index in [-0.39, 0.29) is 30.0 Å². The molecule has 5 fully saturated rings. The fourth-order valence-corrected chi connectivity index (χ4v) is 7.95. The van der Waals surface area contributed by atoms with Gasteiger partial charge in [0.05, 0.1) is 17.9 Å². The van der Waals surface area contributed by atoms with Gasteiger partial charge in [0.2, 0.25) is 5.91 Å². The second kappa shape index (κ2) is 10.7. The second-order valence-corrected chi connectivity index (χ2v) is 13.7. The highest BCUT2D eigenvalue weighted by Crippen LogP contribution is 2.65. The lowest BCUT2D eigenvalue weighted by Gasteiger charge is -2.59. The van der Waals surface area contributed by atoms with Crippen molar-refractivity contribution in [3.8, 4) is 0 Å². The molecule has 3 atom stereocenters. The minimum absolute atomic E-state index is 0.121. The molecule has 4 bridgehead atoms. The third-order valence-electron chi connectivity index (χ3n) is 9.15. The largest absolute Gasteiger partial charge is 0.469 e. The standard InChI is InChI=1S/C29H46N2O7/c1-27(2,3)38-23(32)22(12-18-7-9-21(10-8-18)37-26(35)31(4)5)30-24(33)28-13-19-11-20(14-28)16-29(15-19,17-28)25(34)36-6/h18-22H,7-17H2,1-6H3,(H,30,33)/t18?,19?,20?,21?,22-,28?,29?/m0/s1. The van der Waals surface area contributed by atoms with Crippen LogP contribution in [-0.2, 0) is 28.6 Å². The fraction of sp³-hybridized carbons (Fsp3) is 0.862. The number of esters is 2. The van der Waals surface area contributed by atoms with E-state index in [0.717, 1.165) is 57.8 Å². The quantitative estimate of drug-likeness (QED) is 0.385. The summed E-state index contributed by atoms with van der Waals surface area (Å²) < 4.78 is 16.5. The van der Waals surface area contributed by atoms with Crippen LogP contribution in [0.5, 0.6) is 0 Å². The first-order valence-electron chi connectivity index (χ1n) is 14.2. The number of rotatable bonds is 7. The van der Waals surface area contributed by atoms with Gasteiger partial charge in [0.25, 0.3) is 0 Å². The van der Waals surface area contributed by atoms with Crippen LogP contribution in [0.1, 0.15) is 91.4 Å². The zero-order valence-corrected chi connectivity index (χ0v) is 24.0. The molecular formula is C29H46N2O7. The van der Waals surface area contributed by atoms with Crippen molar-refractivity contribution in [1.82, 2.24) is 10.2 Å². The number of nitrogens with zero attached hydrogens (tertiary/aromatic N) is 1. The maximum atomic E-state index is 14.0. The number of hydrogen-bond acceptors (Lipinski definition) is 7.